The molecule has 0 bridgehead atoms. The summed E-state index contributed by atoms with van der Waals surface area (Å²) in [5.41, 5.74) is 2.68. The molecule has 15 heavy (non-hydrogen) atoms. The molecule has 0 aliphatic rings. The third-order valence-electron chi connectivity index (χ3n) is 2.31. The lowest BCUT2D eigenvalue weighted by Gasteiger charge is -2.02. The van der Waals surface area contributed by atoms with Crippen molar-refractivity contribution in [3.63, 3.8) is 0 Å². The Bertz CT molecular complexity index is 713. The van der Waals surface area contributed by atoms with E-state index < -0.39 is 0 Å². The van der Waals surface area contributed by atoms with E-state index in [-0.39, 0.29) is 5.56 Å². The molecule has 3 aromatic heterocycles. The van der Waals surface area contributed by atoms with Crippen LogP contribution in [0, 0.1) is 3.57 Å². The Kier molecular flexibility index (Phi) is 1.82. The molecule has 74 valence electrons. The van der Waals surface area contributed by atoms with Crippen molar-refractivity contribution in [3.8, 4) is 0 Å². The molecule has 0 radical (unpaired) electrons. The molecular formula is C10H6IN3O. The van der Waals surface area contributed by atoms with Crippen LogP contribution in [0.25, 0.3) is 16.6 Å². The fourth-order valence-electron chi connectivity index (χ4n) is 1.65. The van der Waals surface area contributed by atoms with Crippen molar-refractivity contribution in [2.75, 3.05) is 0 Å². The zero-order valence-electron chi connectivity index (χ0n) is 7.57. The topological polar surface area (TPSA) is 50.2 Å². The van der Waals surface area contributed by atoms with E-state index in [2.05, 4.69) is 32.7 Å². The lowest BCUT2D eigenvalue weighted by molar-refractivity contribution is 0.996. The summed E-state index contributed by atoms with van der Waals surface area (Å²) in [6.45, 7) is 0. The van der Waals surface area contributed by atoms with Gasteiger partial charge in [0.1, 0.15) is 0 Å². The van der Waals surface area contributed by atoms with E-state index in [1.54, 1.807) is 12.3 Å². The zero-order chi connectivity index (χ0) is 10.4. The summed E-state index contributed by atoms with van der Waals surface area (Å²) in [6.07, 6.45) is 1.75. The van der Waals surface area contributed by atoms with Crippen LogP contribution in [0.4, 0.5) is 0 Å². The molecule has 3 aromatic rings. The molecule has 0 saturated heterocycles. The highest BCUT2D eigenvalue weighted by Crippen LogP contribution is 2.19. The molecule has 0 unspecified atom stereocenters. The van der Waals surface area contributed by atoms with Gasteiger partial charge in [0, 0.05) is 9.64 Å². The molecule has 0 saturated carbocycles. The molecule has 0 spiro atoms. The van der Waals surface area contributed by atoms with Crippen LogP contribution in [0.1, 0.15) is 0 Å². The third kappa shape index (κ3) is 1.26. The summed E-state index contributed by atoms with van der Waals surface area (Å²) in [6, 6.07) is 7.20. The van der Waals surface area contributed by atoms with Crippen LogP contribution in [0.15, 0.2) is 35.3 Å². The minimum Gasteiger partial charge on any atom is -0.321 e. The molecule has 0 aromatic carbocycles. The van der Waals surface area contributed by atoms with Crippen LogP contribution in [0.5, 0.6) is 0 Å². The van der Waals surface area contributed by atoms with Gasteiger partial charge in [-0.25, -0.2) is 4.52 Å². The molecular weight excluding hydrogens is 305 g/mol. The molecule has 1 N–H and O–H groups in total. The molecule has 0 atom stereocenters. The van der Waals surface area contributed by atoms with Gasteiger partial charge in [0.25, 0.3) is 0 Å². The second-order valence-electron chi connectivity index (χ2n) is 3.24. The van der Waals surface area contributed by atoms with E-state index in [0.29, 0.717) is 0 Å². The lowest BCUT2D eigenvalue weighted by Crippen LogP contribution is -2.05. The lowest BCUT2D eigenvalue weighted by atomic mass is 10.3. The quantitative estimate of drug-likeness (QED) is 0.644. The van der Waals surface area contributed by atoms with Gasteiger partial charge in [0.05, 0.1) is 22.7 Å². The molecule has 0 aliphatic heterocycles. The number of rotatable bonds is 0. The van der Waals surface area contributed by atoms with Gasteiger partial charge in [-0.1, -0.05) is 0 Å². The van der Waals surface area contributed by atoms with Gasteiger partial charge in [-0.3, -0.25) is 4.79 Å². The van der Waals surface area contributed by atoms with Crippen LogP contribution in [0.3, 0.4) is 0 Å². The van der Waals surface area contributed by atoms with E-state index in [1.807, 2.05) is 16.6 Å². The van der Waals surface area contributed by atoms with E-state index in [0.717, 1.165) is 20.1 Å². The van der Waals surface area contributed by atoms with Crippen LogP contribution < -0.4 is 5.56 Å². The smallest absolute Gasteiger partial charge is 0.248 e. The summed E-state index contributed by atoms with van der Waals surface area (Å²) < 4.78 is 2.90. The van der Waals surface area contributed by atoms with Crippen molar-refractivity contribution in [3.05, 3.63) is 44.4 Å². The average molecular weight is 311 g/mol. The van der Waals surface area contributed by atoms with Crippen LogP contribution in [0.2, 0.25) is 0 Å². The van der Waals surface area contributed by atoms with Gasteiger partial charge < -0.3 is 4.98 Å². The van der Waals surface area contributed by atoms with Gasteiger partial charge in [0.15, 0.2) is 0 Å². The Balaban J connectivity index is 2.65. The monoisotopic (exact) mass is 311 g/mol. The number of aromatic nitrogens is 3. The Hall–Kier alpha value is -1.37. The molecule has 4 nitrogen and oxygen atoms in total. The molecule has 3 rings (SSSR count). The first-order chi connectivity index (χ1) is 7.25. The first-order valence-electron chi connectivity index (χ1n) is 4.41. The van der Waals surface area contributed by atoms with Crippen molar-refractivity contribution in [1.82, 2.24) is 14.6 Å². The van der Waals surface area contributed by atoms with Gasteiger partial charge in [0.2, 0.25) is 5.56 Å². The maximum absolute atomic E-state index is 11.2. The maximum Gasteiger partial charge on any atom is 0.248 e. The molecule has 0 amide bonds. The van der Waals surface area contributed by atoms with Crippen molar-refractivity contribution in [2.45, 2.75) is 0 Å². The SMILES string of the molecule is O=c1ccc2c(cc(I)c3ccnn32)[nH]1. The largest absolute Gasteiger partial charge is 0.321 e. The van der Waals surface area contributed by atoms with Gasteiger partial charge in [-0.15, -0.1) is 0 Å². The van der Waals surface area contributed by atoms with Gasteiger partial charge in [-0.05, 0) is 40.8 Å². The number of pyridine rings is 2. The van der Waals surface area contributed by atoms with E-state index >= 15 is 0 Å². The minimum atomic E-state index is -0.0928. The number of halogens is 1. The first-order valence-corrected chi connectivity index (χ1v) is 5.49. The average Bonchev–Trinajstić information content (AvgIpc) is 2.66. The molecule has 5 heteroatoms. The summed E-state index contributed by atoms with van der Waals surface area (Å²) in [4.78, 5) is 14.0. The fourth-order valence-corrected chi connectivity index (χ4v) is 2.37. The van der Waals surface area contributed by atoms with E-state index in [9.17, 15) is 4.79 Å². The second-order valence-corrected chi connectivity index (χ2v) is 4.40. The number of nitrogens with zero attached hydrogens (tertiary/aromatic N) is 2. The number of hydrogen-bond acceptors (Lipinski definition) is 2. The number of hydrogen-bond donors (Lipinski definition) is 1. The molecule has 3 heterocycles. The zero-order valence-corrected chi connectivity index (χ0v) is 9.72. The van der Waals surface area contributed by atoms with Crippen LogP contribution in [-0.4, -0.2) is 14.6 Å². The van der Waals surface area contributed by atoms with Crippen molar-refractivity contribution >= 4 is 39.1 Å². The normalized spacial score (nSPS) is 11.3. The number of nitrogens with one attached hydrogen (secondary N) is 1. The predicted molar refractivity (Wildman–Crippen MR) is 66.0 cm³/mol. The van der Waals surface area contributed by atoms with Crippen molar-refractivity contribution < 1.29 is 0 Å². The van der Waals surface area contributed by atoms with Crippen molar-refractivity contribution in [1.29, 1.82) is 0 Å². The van der Waals surface area contributed by atoms with Gasteiger partial charge >= 0.3 is 0 Å². The highest BCUT2D eigenvalue weighted by atomic mass is 127. The van der Waals surface area contributed by atoms with Crippen LogP contribution >= 0.6 is 22.6 Å². The third-order valence-corrected chi connectivity index (χ3v) is 3.18. The fraction of sp³-hybridized carbons (Fsp3) is 0. The van der Waals surface area contributed by atoms with E-state index in [4.69, 9.17) is 0 Å². The Morgan fingerprint density at radius 1 is 1.27 bits per heavy atom. The minimum absolute atomic E-state index is 0.0928. The Labute approximate surface area is 98.1 Å². The summed E-state index contributed by atoms with van der Waals surface area (Å²) in [7, 11) is 0. The summed E-state index contributed by atoms with van der Waals surface area (Å²) >= 11 is 2.23. The highest BCUT2D eigenvalue weighted by Gasteiger charge is 2.05. The van der Waals surface area contributed by atoms with Crippen molar-refractivity contribution in [2.24, 2.45) is 0 Å². The van der Waals surface area contributed by atoms with Gasteiger partial charge in [-0.2, -0.15) is 5.10 Å². The van der Waals surface area contributed by atoms with E-state index in [1.165, 1.54) is 6.07 Å². The molecule has 0 fully saturated rings. The Morgan fingerprint density at radius 3 is 3.00 bits per heavy atom. The number of aromatic amines is 1. The maximum atomic E-state index is 11.2. The second kappa shape index (κ2) is 3.06. The summed E-state index contributed by atoms with van der Waals surface area (Å²) in [5.74, 6) is 0. The predicted octanol–water partition coefficient (Wildman–Crippen LogP) is 1.78. The highest BCUT2D eigenvalue weighted by molar-refractivity contribution is 14.1. The number of fused-ring (bicyclic) bond motifs is 3. The number of H-pyrrole nitrogens is 1. The summed E-state index contributed by atoms with van der Waals surface area (Å²) in [5, 5.41) is 4.23. The Morgan fingerprint density at radius 2 is 2.13 bits per heavy atom. The van der Waals surface area contributed by atoms with Crippen LogP contribution in [-0.2, 0) is 0 Å². The first kappa shape index (κ1) is 8.90. The molecule has 0 aliphatic carbocycles. The standard InChI is InChI=1S/C10H6IN3O/c11-6-5-7-9(1-2-10(15)13-7)14-8(6)3-4-12-14/h1-5H,(H,13,15).